The Kier molecular flexibility index (Phi) is 5.10. The minimum Gasteiger partial charge on any atom is -0.466 e. The number of methoxy groups -OCH3 is 1. The summed E-state index contributed by atoms with van der Waals surface area (Å²) in [5.41, 5.74) is 3.70. The molecule has 106 valence electrons. The lowest BCUT2D eigenvalue weighted by atomic mass is 10.0. The monoisotopic (exact) mass is 278 g/mol. The first-order valence-electron chi connectivity index (χ1n) is 6.79. The molecule has 2 aromatic carbocycles. The fourth-order valence-corrected chi connectivity index (χ4v) is 2.02. The molecule has 0 saturated heterocycles. The van der Waals surface area contributed by atoms with Crippen LogP contribution in [0.25, 0.3) is 11.6 Å². The number of rotatable bonds is 4. The van der Waals surface area contributed by atoms with E-state index in [1.807, 2.05) is 66.7 Å². The summed E-state index contributed by atoms with van der Waals surface area (Å²) in [6, 6.07) is 20.0. The largest absolute Gasteiger partial charge is 0.466 e. The predicted molar refractivity (Wildman–Crippen MR) is 86.5 cm³/mol. The maximum atomic E-state index is 11.6. The van der Waals surface area contributed by atoms with E-state index in [-0.39, 0.29) is 5.97 Å². The third-order valence-corrected chi connectivity index (χ3v) is 3.11. The molecule has 0 atom stereocenters. The van der Waals surface area contributed by atoms with Gasteiger partial charge in [-0.05, 0) is 35.8 Å². The van der Waals surface area contributed by atoms with Crippen molar-refractivity contribution in [2.24, 2.45) is 0 Å². The SMILES string of the molecule is COC(=O)/C(C)=C/C(=C/c1ccccc1)c1ccccc1. The summed E-state index contributed by atoms with van der Waals surface area (Å²) in [6.45, 7) is 1.76. The van der Waals surface area contributed by atoms with Gasteiger partial charge in [-0.25, -0.2) is 4.79 Å². The van der Waals surface area contributed by atoms with Crippen molar-refractivity contribution in [3.63, 3.8) is 0 Å². The van der Waals surface area contributed by atoms with Crippen LogP contribution in [0.4, 0.5) is 0 Å². The van der Waals surface area contributed by atoms with Crippen molar-refractivity contribution in [3.05, 3.63) is 83.4 Å². The van der Waals surface area contributed by atoms with Crippen LogP contribution in [0.3, 0.4) is 0 Å². The Morgan fingerprint density at radius 3 is 2.10 bits per heavy atom. The average Bonchev–Trinajstić information content (AvgIpc) is 2.55. The summed E-state index contributed by atoms with van der Waals surface area (Å²) in [5, 5.41) is 0. The lowest BCUT2D eigenvalue weighted by molar-refractivity contribution is -0.136. The molecule has 2 rings (SSSR count). The molecule has 0 bridgehead atoms. The van der Waals surface area contributed by atoms with Gasteiger partial charge in [-0.3, -0.25) is 0 Å². The van der Waals surface area contributed by atoms with E-state index in [4.69, 9.17) is 4.74 Å². The highest BCUT2D eigenvalue weighted by Crippen LogP contribution is 2.21. The zero-order valence-electron chi connectivity index (χ0n) is 12.2. The minimum atomic E-state index is -0.315. The molecular weight excluding hydrogens is 260 g/mol. The van der Waals surface area contributed by atoms with Gasteiger partial charge in [0.05, 0.1) is 7.11 Å². The van der Waals surface area contributed by atoms with Gasteiger partial charge in [-0.15, -0.1) is 0 Å². The van der Waals surface area contributed by atoms with Gasteiger partial charge in [0.25, 0.3) is 0 Å². The van der Waals surface area contributed by atoms with Gasteiger partial charge in [0.15, 0.2) is 0 Å². The first-order chi connectivity index (χ1) is 10.2. The number of carbonyl (C=O) groups excluding carboxylic acids is 1. The molecule has 0 fully saturated rings. The molecule has 0 spiro atoms. The number of hydrogen-bond donors (Lipinski definition) is 0. The number of carbonyl (C=O) groups is 1. The second kappa shape index (κ2) is 7.25. The molecule has 0 amide bonds. The van der Waals surface area contributed by atoms with Gasteiger partial charge in [0.2, 0.25) is 0 Å². The number of benzene rings is 2. The molecule has 2 nitrogen and oxygen atoms in total. The van der Waals surface area contributed by atoms with Crippen molar-refractivity contribution in [1.82, 2.24) is 0 Å². The van der Waals surface area contributed by atoms with Crippen LogP contribution >= 0.6 is 0 Å². The average molecular weight is 278 g/mol. The number of hydrogen-bond acceptors (Lipinski definition) is 2. The molecule has 0 aliphatic heterocycles. The smallest absolute Gasteiger partial charge is 0.333 e. The number of ether oxygens (including phenoxy) is 1. The topological polar surface area (TPSA) is 26.3 Å². The van der Waals surface area contributed by atoms with Crippen LogP contribution in [0.5, 0.6) is 0 Å². The van der Waals surface area contributed by atoms with Crippen molar-refractivity contribution in [3.8, 4) is 0 Å². The molecule has 0 aromatic heterocycles. The van der Waals surface area contributed by atoms with Crippen LogP contribution < -0.4 is 0 Å². The van der Waals surface area contributed by atoms with Crippen molar-refractivity contribution in [1.29, 1.82) is 0 Å². The Bertz CT molecular complexity index is 652. The first kappa shape index (κ1) is 14.8. The molecule has 0 aliphatic carbocycles. The second-order valence-electron chi connectivity index (χ2n) is 4.70. The van der Waals surface area contributed by atoms with Crippen molar-refractivity contribution in [2.45, 2.75) is 6.92 Å². The molecule has 0 radical (unpaired) electrons. The quantitative estimate of drug-likeness (QED) is 0.360. The summed E-state index contributed by atoms with van der Waals surface area (Å²) in [5.74, 6) is -0.315. The highest BCUT2D eigenvalue weighted by molar-refractivity contribution is 5.95. The third kappa shape index (κ3) is 4.18. The van der Waals surface area contributed by atoms with Crippen LogP contribution in [0.2, 0.25) is 0 Å². The van der Waals surface area contributed by atoms with Crippen LogP contribution in [0, 0.1) is 0 Å². The molecule has 2 heteroatoms. The Morgan fingerprint density at radius 2 is 1.52 bits per heavy atom. The number of esters is 1. The second-order valence-corrected chi connectivity index (χ2v) is 4.70. The van der Waals surface area contributed by atoms with E-state index < -0.39 is 0 Å². The Morgan fingerprint density at radius 1 is 0.952 bits per heavy atom. The molecule has 2 aromatic rings. The zero-order chi connectivity index (χ0) is 15.1. The van der Waals surface area contributed by atoms with Gasteiger partial charge >= 0.3 is 5.97 Å². The Balaban J connectivity index is 2.46. The summed E-state index contributed by atoms with van der Waals surface area (Å²) in [4.78, 5) is 11.6. The van der Waals surface area contributed by atoms with E-state index in [0.29, 0.717) is 5.57 Å². The highest BCUT2D eigenvalue weighted by Gasteiger charge is 2.06. The molecule has 0 N–H and O–H groups in total. The summed E-state index contributed by atoms with van der Waals surface area (Å²) < 4.78 is 4.76. The molecule has 21 heavy (non-hydrogen) atoms. The van der Waals surface area contributed by atoms with E-state index in [9.17, 15) is 4.79 Å². The van der Waals surface area contributed by atoms with Crippen molar-refractivity contribution < 1.29 is 9.53 Å². The lowest BCUT2D eigenvalue weighted by Gasteiger charge is -2.06. The summed E-state index contributed by atoms with van der Waals surface area (Å²) in [7, 11) is 1.39. The van der Waals surface area contributed by atoms with E-state index in [0.717, 1.165) is 16.7 Å². The van der Waals surface area contributed by atoms with E-state index in [1.165, 1.54) is 7.11 Å². The van der Waals surface area contributed by atoms with Crippen LogP contribution in [-0.2, 0) is 9.53 Å². The third-order valence-electron chi connectivity index (χ3n) is 3.11. The minimum absolute atomic E-state index is 0.315. The highest BCUT2D eigenvalue weighted by atomic mass is 16.5. The van der Waals surface area contributed by atoms with E-state index in [2.05, 4.69) is 6.08 Å². The van der Waals surface area contributed by atoms with E-state index in [1.54, 1.807) is 6.92 Å². The molecule has 0 unspecified atom stereocenters. The maximum absolute atomic E-state index is 11.6. The standard InChI is InChI=1S/C19H18O2/c1-15(19(20)21-2)13-18(17-11-7-4-8-12-17)14-16-9-5-3-6-10-16/h3-14H,1-2H3/b15-13+,18-14-. The Labute approximate surface area is 125 Å². The predicted octanol–water partition coefficient (Wildman–Crippen LogP) is 4.35. The maximum Gasteiger partial charge on any atom is 0.333 e. The summed E-state index contributed by atoms with van der Waals surface area (Å²) >= 11 is 0. The fraction of sp³-hybridized carbons (Fsp3) is 0.105. The van der Waals surface area contributed by atoms with Crippen molar-refractivity contribution >= 4 is 17.6 Å². The molecular formula is C19H18O2. The van der Waals surface area contributed by atoms with Crippen LogP contribution in [0.15, 0.2) is 72.3 Å². The zero-order valence-corrected chi connectivity index (χ0v) is 12.2. The molecule has 0 saturated carbocycles. The first-order valence-corrected chi connectivity index (χ1v) is 6.79. The molecule has 0 heterocycles. The van der Waals surface area contributed by atoms with Gasteiger partial charge in [-0.2, -0.15) is 0 Å². The summed E-state index contributed by atoms with van der Waals surface area (Å²) in [6.07, 6.45) is 3.91. The Hall–Kier alpha value is -2.61. The van der Waals surface area contributed by atoms with Crippen molar-refractivity contribution in [2.75, 3.05) is 7.11 Å². The van der Waals surface area contributed by atoms with E-state index >= 15 is 0 Å². The number of allylic oxidation sites excluding steroid dienone is 2. The van der Waals surface area contributed by atoms with Crippen LogP contribution in [0.1, 0.15) is 18.1 Å². The van der Waals surface area contributed by atoms with Gasteiger partial charge in [-0.1, -0.05) is 60.7 Å². The lowest BCUT2D eigenvalue weighted by Crippen LogP contribution is -2.01. The van der Waals surface area contributed by atoms with Gasteiger partial charge in [0.1, 0.15) is 0 Å². The van der Waals surface area contributed by atoms with Gasteiger partial charge < -0.3 is 4.74 Å². The fourth-order valence-electron chi connectivity index (χ4n) is 2.02. The molecule has 0 aliphatic rings. The van der Waals surface area contributed by atoms with Crippen LogP contribution in [-0.4, -0.2) is 13.1 Å². The van der Waals surface area contributed by atoms with Gasteiger partial charge in [0, 0.05) is 5.57 Å². The normalized spacial score (nSPS) is 12.1.